The summed E-state index contributed by atoms with van der Waals surface area (Å²) >= 11 is 2.77. The van der Waals surface area contributed by atoms with Crippen LogP contribution in [0.15, 0.2) is 16.6 Å². The fraction of sp³-hybridized carbons (Fsp3) is 0.143. The number of benzene rings is 1. The molecule has 1 aromatic carbocycles. The molecule has 1 aromatic rings. The maximum atomic E-state index is 12.5. The van der Waals surface area contributed by atoms with Crippen molar-refractivity contribution in [2.75, 3.05) is 0 Å². The summed E-state index contributed by atoms with van der Waals surface area (Å²) in [6.07, 6.45) is 0. The highest BCUT2D eigenvalue weighted by Crippen LogP contribution is 2.36. The second-order valence-corrected chi connectivity index (χ2v) is 2.97. The van der Waals surface area contributed by atoms with Gasteiger partial charge in [-0.25, -0.2) is 4.39 Å². The molecule has 0 fully saturated rings. The Hall–Kier alpha value is -0.910. The second kappa shape index (κ2) is 3.87. The zero-order valence-corrected chi connectivity index (χ0v) is 7.69. The maximum Gasteiger partial charge on any atom is 0.387 e. The van der Waals surface area contributed by atoms with Crippen molar-refractivity contribution in [2.24, 2.45) is 0 Å². The van der Waals surface area contributed by atoms with Gasteiger partial charge in [-0.3, -0.25) is 0 Å². The van der Waals surface area contributed by atoms with Crippen molar-refractivity contribution in [3.05, 3.63) is 22.4 Å². The van der Waals surface area contributed by atoms with Gasteiger partial charge in [0.25, 0.3) is 0 Å². The van der Waals surface area contributed by atoms with Crippen molar-refractivity contribution in [3.8, 4) is 11.5 Å². The van der Waals surface area contributed by atoms with Crippen LogP contribution in [0.1, 0.15) is 0 Å². The van der Waals surface area contributed by atoms with Crippen LogP contribution in [0.2, 0.25) is 0 Å². The van der Waals surface area contributed by atoms with Crippen LogP contribution in [0.3, 0.4) is 0 Å². The molecule has 0 saturated heterocycles. The molecule has 6 heteroatoms. The average Bonchev–Trinajstić information content (AvgIpc) is 1.96. The molecule has 0 heterocycles. The van der Waals surface area contributed by atoms with Crippen LogP contribution in [0.5, 0.6) is 11.5 Å². The number of halogens is 4. The first-order valence-corrected chi connectivity index (χ1v) is 3.93. The summed E-state index contributed by atoms with van der Waals surface area (Å²) in [6, 6.07) is 1.60. The predicted molar refractivity (Wildman–Crippen MR) is 42.4 cm³/mol. The van der Waals surface area contributed by atoms with Gasteiger partial charge in [-0.2, -0.15) is 8.78 Å². The van der Waals surface area contributed by atoms with E-state index in [9.17, 15) is 13.2 Å². The highest BCUT2D eigenvalue weighted by molar-refractivity contribution is 9.10. The number of ether oxygens (including phenoxy) is 1. The van der Waals surface area contributed by atoms with E-state index in [0.29, 0.717) is 6.07 Å². The topological polar surface area (TPSA) is 29.5 Å². The fourth-order valence-electron chi connectivity index (χ4n) is 0.753. The van der Waals surface area contributed by atoms with E-state index in [4.69, 9.17) is 5.11 Å². The number of aromatic hydroxyl groups is 1. The standard InChI is InChI=1S/C7H4BrF3O2/c8-4-1-3(9)2-5(12)6(4)13-7(10)11/h1-2,7,12H. The van der Waals surface area contributed by atoms with Crippen LogP contribution < -0.4 is 4.74 Å². The van der Waals surface area contributed by atoms with E-state index in [0.717, 1.165) is 6.07 Å². The molecule has 0 spiro atoms. The van der Waals surface area contributed by atoms with Crippen LogP contribution >= 0.6 is 15.9 Å². The number of hydrogen-bond acceptors (Lipinski definition) is 2. The molecule has 0 unspecified atom stereocenters. The zero-order valence-electron chi connectivity index (χ0n) is 6.10. The number of alkyl halides is 2. The van der Waals surface area contributed by atoms with E-state index in [1.165, 1.54) is 0 Å². The summed E-state index contributed by atoms with van der Waals surface area (Å²) in [4.78, 5) is 0. The lowest BCUT2D eigenvalue weighted by Gasteiger charge is -2.08. The van der Waals surface area contributed by atoms with E-state index in [1.807, 2.05) is 0 Å². The van der Waals surface area contributed by atoms with Gasteiger partial charge in [-0.15, -0.1) is 0 Å². The molecule has 0 aliphatic rings. The number of hydrogen-bond donors (Lipinski definition) is 1. The summed E-state index contributed by atoms with van der Waals surface area (Å²) in [5.74, 6) is -1.89. The minimum atomic E-state index is -3.06. The molecule has 13 heavy (non-hydrogen) atoms. The molecule has 0 atom stereocenters. The van der Waals surface area contributed by atoms with Crippen molar-refractivity contribution >= 4 is 15.9 Å². The SMILES string of the molecule is Oc1cc(F)cc(Br)c1OC(F)F. The van der Waals surface area contributed by atoms with Crippen LogP contribution in [0.25, 0.3) is 0 Å². The summed E-state index contributed by atoms with van der Waals surface area (Å²) in [7, 11) is 0. The van der Waals surface area contributed by atoms with Gasteiger partial charge in [0.05, 0.1) is 4.47 Å². The third-order valence-electron chi connectivity index (χ3n) is 1.20. The molecule has 0 aliphatic heterocycles. The molecular formula is C7H4BrF3O2. The van der Waals surface area contributed by atoms with Crippen LogP contribution in [-0.2, 0) is 0 Å². The third-order valence-corrected chi connectivity index (χ3v) is 1.78. The Labute approximate surface area is 80.1 Å². The Bertz CT molecular complexity index is 294. The van der Waals surface area contributed by atoms with Crippen molar-refractivity contribution in [1.82, 2.24) is 0 Å². The van der Waals surface area contributed by atoms with Gasteiger partial charge in [0, 0.05) is 6.07 Å². The van der Waals surface area contributed by atoms with E-state index in [1.54, 1.807) is 0 Å². The van der Waals surface area contributed by atoms with Gasteiger partial charge in [-0.05, 0) is 22.0 Å². The van der Waals surface area contributed by atoms with E-state index in [-0.39, 0.29) is 4.47 Å². The van der Waals surface area contributed by atoms with Gasteiger partial charge in [0.2, 0.25) is 0 Å². The number of phenolic OH excluding ortho intramolecular Hbond substituents is 1. The van der Waals surface area contributed by atoms with Gasteiger partial charge in [0.1, 0.15) is 5.82 Å². The van der Waals surface area contributed by atoms with E-state index >= 15 is 0 Å². The molecular weight excluding hydrogens is 253 g/mol. The highest BCUT2D eigenvalue weighted by Gasteiger charge is 2.14. The van der Waals surface area contributed by atoms with Crippen molar-refractivity contribution < 1.29 is 23.0 Å². The zero-order chi connectivity index (χ0) is 10.0. The molecule has 0 saturated carbocycles. The highest BCUT2D eigenvalue weighted by atomic mass is 79.9. The number of phenols is 1. The average molecular weight is 257 g/mol. The summed E-state index contributed by atoms with van der Waals surface area (Å²) in [5, 5.41) is 8.99. The van der Waals surface area contributed by atoms with Crippen molar-refractivity contribution in [3.63, 3.8) is 0 Å². The summed E-state index contributed by atoms with van der Waals surface area (Å²) in [6.45, 7) is -3.06. The van der Waals surface area contributed by atoms with Crippen LogP contribution in [0.4, 0.5) is 13.2 Å². The van der Waals surface area contributed by atoms with Gasteiger partial charge in [-0.1, -0.05) is 0 Å². The maximum absolute atomic E-state index is 12.5. The normalized spacial score (nSPS) is 10.5. The predicted octanol–water partition coefficient (Wildman–Crippen LogP) is 2.90. The summed E-state index contributed by atoms with van der Waals surface area (Å²) in [5.41, 5.74) is 0. The first-order chi connectivity index (χ1) is 6.00. The van der Waals surface area contributed by atoms with E-state index < -0.39 is 23.9 Å². The largest absolute Gasteiger partial charge is 0.504 e. The van der Waals surface area contributed by atoms with Crippen molar-refractivity contribution in [1.29, 1.82) is 0 Å². The minimum absolute atomic E-state index is 0.0645. The fourth-order valence-corrected chi connectivity index (χ4v) is 1.27. The quantitative estimate of drug-likeness (QED) is 0.882. The third kappa shape index (κ3) is 2.51. The molecule has 2 nitrogen and oxygen atoms in total. The molecule has 72 valence electrons. The van der Waals surface area contributed by atoms with Crippen molar-refractivity contribution in [2.45, 2.75) is 6.61 Å². The molecule has 1 rings (SSSR count). The van der Waals surface area contributed by atoms with E-state index in [2.05, 4.69) is 20.7 Å². The number of rotatable bonds is 2. The molecule has 0 bridgehead atoms. The van der Waals surface area contributed by atoms with Gasteiger partial charge < -0.3 is 9.84 Å². The lowest BCUT2D eigenvalue weighted by atomic mass is 10.3. The Morgan fingerprint density at radius 1 is 1.38 bits per heavy atom. The van der Waals surface area contributed by atoms with Gasteiger partial charge in [0.15, 0.2) is 11.5 Å². The summed E-state index contributed by atoms with van der Waals surface area (Å²) < 4.78 is 39.8. The first-order valence-electron chi connectivity index (χ1n) is 3.13. The second-order valence-electron chi connectivity index (χ2n) is 2.11. The Morgan fingerprint density at radius 2 is 2.00 bits per heavy atom. The van der Waals surface area contributed by atoms with Crippen LogP contribution in [0, 0.1) is 5.82 Å². The smallest absolute Gasteiger partial charge is 0.387 e. The first kappa shape index (κ1) is 10.2. The Kier molecular flexibility index (Phi) is 3.02. The molecule has 0 aliphatic carbocycles. The van der Waals surface area contributed by atoms with Gasteiger partial charge >= 0.3 is 6.61 Å². The molecule has 0 aromatic heterocycles. The minimum Gasteiger partial charge on any atom is -0.504 e. The Morgan fingerprint density at radius 3 is 2.46 bits per heavy atom. The molecule has 0 amide bonds. The molecule has 1 N–H and O–H groups in total. The Balaban J connectivity index is 3.06. The lowest BCUT2D eigenvalue weighted by molar-refractivity contribution is -0.0518. The molecule has 0 radical (unpaired) electrons. The van der Waals surface area contributed by atoms with Crippen LogP contribution in [-0.4, -0.2) is 11.7 Å². The lowest BCUT2D eigenvalue weighted by Crippen LogP contribution is -2.02. The monoisotopic (exact) mass is 256 g/mol.